The zero-order valence-corrected chi connectivity index (χ0v) is 11.5. The summed E-state index contributed by atoms with van der Waals surface area (Å²) in [4.78, 5) is 0.304. The maximum absolute atomic E-state index is 12.6. The lowest BCUT2D eigenvalue weighted by Gasteiger charge is -2.27. The summed E-state index contributed by atoms with van der Waals surface area (Å²) in [6.45, 7) is 4.28. The minimum Gasteiger partial charge on any atom is -0.454 e. The van der Waals surface area contributed by atoms with Crippen molar-refractivity contribution in [2.45, 2.75) is 11.8 Å². The van der Waals surface area contributed by atoms with Gasteiger partial charge >= 0.3 is 0 Å². The molecule has 0 amide bonds. The zero-order chi connectivity index (χ0) is 13.5. The van der Waals surface area contributed by atoms with Crippen LogP contribution in [0.5, 0.6) is 11.5 Å². The first-order valence-corrected chi connectivity index (χ1v) is 7.64. The maximum atomic E-state index is 12.6. The summed E-state index contributed by atoms with van der Waals surface area (Å²) in [5, 5.41) is 3.14. The Labute approximate surface area is 112 Å². The summed E-state index contributed by atoms with van der Waals surface area (Å²) in [5.41, 5.74) is 0.683. The molecule has 0 radical (unpaired) electrons. The number of hydrogen-bond acceptors (Lipinski definition) is 5. The second-order valence-electron chi connectivity index (χ2n) is 4.63. The Bertz CT molecular complexity index is 594. The third-order valence-corrected chi connectivity index (χ3v) is 5.40. The Kier molecular flexibility index (Phi) is 3.12. The first-order valence-electron chi connectivity index (χ1n) is 6.20. The van der Waals surface area contributed by atoms with E-state index >= 15 is 0 Å². The number of ether oxygens (including phenoxy) is 2. The van der Waals surface area contributed by atoms with Gasteiger partial charge < -0.3 is 14.8 Å². The fraction of sp³-hybridized carbons (Fsp3) is 0.500. The summed E-state index contributed by atoms with van der Waals surface area (Å²) in [6, 6.07) is 3.28. The Morgan fingerprint density at radius 1 is 1.16 bits per heavy atom. The van der Waals surface area contributed by atoms with E-state index in [1.807, 2.05) is 0 Å². The molecule has 1 aromatic rings. The van der Waals surface area contributed by atoms with E-state index in [1.54, 1.807) is 19.1 Å². The van der Waals surface area contributed by atoms with Crippen LogP contribution in [-0.2, 0) is 10.0 Å². The normalized spacial score (nSPS) is 19.6. The number of hydrogen-bond donors (Lipinski definition) is 1. The number of sulfonamides is 1. The molecule has 0 aromatic heterocycles. The van der Waals surface area contributed by atoms with Gasteiger partial charge in [-0.2, -0.15) is 4.31 Å². The highest BCUT2D eigenvalue weighted by atomic mass is 32.2. The van der Waals surface area contributed by atoms with Gasteiger partial charge in [0.2, 0.25) is 16.8 Å². The highest BCUT2D eigenvalue weighted by Gasteiger charge is 2.29. The van der Waals surface area contributed by atoms with Gasteiger partial charge in [-0.25, -0.2) is 8.42 Å². The van der Waals surface area contributed by atoms with E-state index in [0.29, 0.717) is 48.1 Å². The maximum Gasteiger partial charge on any atom is 0.243 e. The van der Waals surface area contributed by atoms with E-state index in [2.05, 4.69) is 5.32 Å². The molecule has 104 valence electrons. The summed E-state index contributed by atoms with van der Waals surface area (Å²) >= 11 is 0. The average molecular weight is 284 g/mol. The summed E-state index contributed by atoms with van der Waals surface area (Å²) < 4.78 is 37.2. The van der Waals surface area contributed by atoms with E-state index in [9.17, 15) is 8.42 Å². The van der Waals surface area contributed by atoms with Gasteiger partial charge in [0.25, 0.3) is 0 Å². The first kappa shape index (κ1) is 12.7. The standard InChI is InChI=1S/C12H16N2O4S/c1-9-6-10-11(18-8-17-10)7-12(9)19(15,16)14-4-2-13-3-5-14/h6-7,13H,2-5,8H2,1H3. The lowest BCUT2D eigenvalue weighted by atomic mass is 10.2. The lowest BCUT2D eigenvalue weighted by Crippen LogP contribution is -2.46. The highest BCUT2D eigenvalue weighted by Crippen LogP contribution is 2.37. The van der Waals surface area contributed by atoms with Crippen molar-refractivity contribution in [3.05, 3.63) is 17.7 Å². The van der Waals surface area contributed by atoms with Crippen molar-refractivity contribution in [1.29, 1.82) is 0 Å². The Hall–Kier alpha value is -1.31. The monoisotopic (exact) mass is 284 g/mol. The number of aryl methyl sites for hydroxylation is 1. The summed E-state index contributed by atoms with van der Waals surface area (Å²) in [7, 11) is -3.46. The molecule has 0 atom stereocenters. The lowest BCUT2D eigenvalue weighted by molar-refractivity contribution is 0.174. The summed E-state index contributed by atoms with van der Waals surface area (Å²) in [6.07, 6.45) is 0. The van der Waals surface area contributed by atoms with Crippen molar-refractivity contribution in [2.75, 3.05) is 33.0 Å². The van der Waals surface area contributed by atoms with E-state index < -0.39 is 10.0 Å². The largest absolute Gasteiger partial charge is 0.454 e. The third-order valence-electron chi connectivity index (χ3n) is 3.36. The minimum atomic E-state index is -3.46. The predicted octanol–water partition coefficient (Wildman–Crippen LogP) is 0.318. The Morgan fingerprint density at radius 2 is 1.79 bits per heavy atom. The molecule has 2 heterocycles. The Morgan fingerprint density at radius 3 is 2.47 bits per heavy atom. The molecule has 2 aliphatic heterocycles. The fourth-order valence-corrected chi connectivity index (χ4v) is 3.99. The topological polar surface area (TPSA) is 67.9 Å². The van der Waals surface area contributed by atoms with E-state index in [1.165, 1.54) is 4.31 Å². The molecule has 2 aliphatic rings. The molecular formula is C12H16N2O4S. The van der Waals surface area contributed by atoms with E-state index in [-0.39, 0.29) is 6.79 Å². The predicted molar refractivity (Wildman–Crippen MR) is 68.9 cm³/mol. The molecule has 3 rings (SSSR count). The number of rotatable bonds is 2. The molecule has 6 nitrogen and oxygen atoms in total. The van der Waals surface area contributed by atoms with Crippen LogP contribution in [-0.4, -0.2) is 45.7 Å². The second-order valence-corrected chi connectivity index (χ2v) is 6.53. The number of benzene rings is 1. The van der Waals surface area contributed by atoms with Gasteiger partial charge in [-0.15, -0.1) is 0 Å². The smallest absolute Gasteiger partial charge is 0.243 e. The third kappa shape index (κ3) is 2.18. The van der Waals surface area contributed by atoms with Crippen molar-refractivity contribution in [2.24, 2.45) is 0 Å². The van der Waals surface area contributed by atoms with Crippen LogP contribution in [0.4, 0.5) is 0 Å². The molecule has 0 unspecified atom stereocenters. The number of nitrogens with one attached hydrogen (secondary N) is 1. The molecule has 0 bridgehead atoms. The SMILES string of the molecule is Cc1cc2c(cc1S(=O)(=O)N1CCNCC1)OCO2. The molecule has 1 fully saturated rings. The number of piperazine rings is 1. The number of nitrogens with zero attached hydrogens (tertiary/aromatic N) is 1. The summed E-state index contributed by atoms with van der Waals surface area (Å²) in [5.74, 6) is 1.11. The van der Waals surface area contributed by atoms with E-state index in [4.69, 9.17) is 9.47 Å². The molecular weight excluding hydrogens is 268 g/mol. The van der Waals surface area contributed by atoms with E-state index in [0.717, 1.165) is 0 Å². The molecule has 1 saturated heterocycles. The van der Waals surface area contributed by atoms with Crippen LogP contribution in [0.25, 0.3) is 0 Å². The van der Waals surface area contributed by atoms with Crippen molar-refractivity contribution < 1.29 is 17.9 Å². The molecule has 19 heavy (non-hydrogen) atoms. The van der Waals surface area contributed by atoms with Gasteiger partial charge in [0.15, 0.2) is 11.5 Å². The van der Waals surface area contributed by atoms with Crippen LogP contribution in [0.15, 0.2) is 17.0 Å². The molecule has 0 aliphatic carbocycles. The zero-order valence-electron chi connectivity index (χ0n) is 10.7. The van der Waals surface area contributed by atoms with Gasteiger partial charge in [0, 0.05) is 32.2 Å². The van der Waals surface area contributed by atoms with Crippen molar-refractivity contribution in [3.8, 4) is 11.5 Å². The van der Waals surface area contributed by atoms with Gasteiger partial charge in [-0.05, 0) is 18.6 Å². The fourth-order valence-electron chi connectivity index (χ4n) is 2.33. The van der Waals surface area contributed by atoms with Gasteiger partial charge in [0.05, 0.1) is 4.90 Å². The van der Waals surface area contributed by atoms with Crippen LogP contribution < -0.4 is 14.8 Å². The van der Waals surface area contributed by atoms with Crippen LogP contribution >= 0.6 is 0 Å². The van der Waals surface area contributed by atoms with Crippen molar-refractivity contribution in [3.63, 3.8) is 0 Å². The van der Waals surface area contributed by atoms with Crippen LogP contribution in [0.2, 0.25) is 0 Å². The average Bonchev–Trinajstić information content (AvgIpc) is 2.85. The van der Waals surface area contributed by atoms with Gasteiger partial charge in [0.1, 0.15) is 0 Å². The molecule has 1 aromatic carbocycles. The van der Waals surface area contributed by atoms with Crippen LogP contribution in [0.1, 0.15) is 5.56 Å². The van der Waals surface area contributed by atoms with Crippen molar-refractivity contribution in [1.82, 2.24) is 9.62 Å². The number of fused-ring (bicyclic) bond motifs is 1. The molecule has 1 N–H and O–H groups in total. The Balaban J connectivity index is 2.01. The molecule has 0 spiro atoms. The van der Waals surface area contributed by atoms with Gasteiger partial charge in [-0.1, -0.05) is 0 Å². The minimum absolute atomic E-state index is 0.145. The van der Waals surface area contributed by atoms with Crippen LogP contribution in [0.3, 0.4) is 0 Å². The highest BCUT2D eigenvalue weighted by molar-refractivity contribution is 7.89. The quantitative estimate of drug-likeness (QED) is 0.847. The van der Waals surface area contributed by atoms with Gasteiger partial charge in [-0.3, -0.25) is 0 Å². The van der Waals surface area contributed by atoms with Crippen LogP contribution in [0, 0.1) is 6.92 Å². The molecule has 0 saturated carbocycles. The first-order chi connectivity index (χ1) is 9.09. The second kappa shape index (κ2) is 4.66. The van der Waals surface area contributed by atoms with Crippen molar-refractivity contribution >= 4 is 10.0 Å². The molecule has 7 heteroatoms.